The fraction of sp³-hybridized carbons (Fsp3) is 0.357. The fourth-order valence-electron chi connectivity index (χ4n) is 1.84. The van der Waals surface area contributed by atoms with Crippen molar-refractivity contribution >= 4 is 0 Å². The van der Waals surface area contributed by atoms with Gasteiger partial charge >= 0.3 is 6.18 Å². The molecule has 1 heterocycles. The summed E-state index contributed by atoms with van der Waals surface area (Å²) in [6.45, 7) is 4.92. The van der Waals surface area contributed by atoms with E-state index in [1.807, 2.05) is 13.8 Å². The third kappa shape index (κ3) is 3.60. The van der Waals surface area contributed by atoms with Crippen molar-refractivity contribution in [1.29, 1.82) is 0 Å². The number of aromatic nitrogens is 2. The molecule has 0 aliphatic rings. The number of benzene rings is 1. The molecule has 0 aliphatic heterocycles. The van der Waals surface area contributed by atoms with Crippen LogP contribution in [0.2, 0.25) is 0 Å². The average molecular weight is 283 g/mol. The number of rotatable bonds is 4. The van der Waals surface area contributed by atoms with Crippen LogP contribution in [-0.2, 0) is 19.3 Å². The van der Waals surface area contributed by atoms with E-state index in [-0.39, 0.29) is 0 Å². The van der Waals surface area contributed by atoms with Gasteiger partial charge in [-0.05, 0) is 31.5 Å². The molecule has 0 fully saturated rings. The lowest BCUT2D eigenvalue weighted by Gasteiger charge is -2.08. The highest BCUT2D eigenvalue weighted by atomic mass is 19.4. The van der Waals surface area contributed by atoms with Crippen molar-refractivity contribution in [2.45, 2.75) is 33.1 Å². The van der Waals surface area contributed by atoms with Crippen LogP contribution in [0.4, 0.5) is 13.2 Å². The molecule has 0 saturated carbocycles. The van der Waals surface area contributed by atoms with Gasteiger partial charge < -0.3 is 10.3 Å². The van der Waals surface area contributed by atoms with E-state index in [4.69, 9.17) is 0 Å². The monoisotopic (exact) mass is 283 g/mol. The predicted octanol–water partition coefficient (Wildman–Crippen LogP) is 3.34. The van der Waals surface area contributed by atoms with Crippen LogP contribution >= 0.6 is 0 Å². The van der Waals surface area contributed by atoms with Gasteiger partial charge in [0.2, 0.25) is 0 Å². The van der Waals surface area contributed by atoms with Gasteiger partial charge in [-0.15, -0.1) is 0 Å². The van der Waals surface area contributed by atoms with E-state index in [2.05, 4.69) is 15.3 Å². The lowest BCUT2D eigenvalue weighted by Crippen LogP contribution is -2.14. The van der Waals surface area contributed by atoms with E-state index in [0.29, 0.717) is 13.1 Å². The third-order valence-electron chi connectivity index (χ3n) is 3.08. The van der Waals surface area contributed by atoms with Gasteiger partial charge in [0, 0.05) is 12.2 Å². The standard InChI is InChI=1S/C14H16F3N3/c1-9-10(2)20-13(19-9)8-18-7-11-3-5-12(6-4-11)14(15,16)17/h3-6,18H,7-8H2,1-2H3,(H,19,20). The fourth-order valence-corrected chi connectivity index (χ4v) is 1.84. The first-order valence-corrected chi connectivity index (χ1v) is 6.25. The van der Waals surface area contributed by atoms with Crippen LogP contribution in [-0.4, -0.2) is 9.97 Å². The first kappa shape index (κ1) is 14.6. The van der Waals surface area contributed by atoms with Gasteiger partial charge in [-0.2, -0.15) is 13.2 Å². The Bertz CT molecular complexity index is 551. The molecule has 0 amide bonds. The SMILES string of the molecule is Cc1nc(CNCc2ccc(C(F)(F)F)cc2)[nH]c1C. The maximum absolute atomic E-state index is 12.4. The molecule has 108 valence electrons. The zero-order valence-electron chi connectivity index (χ0n) is 11.3. The minimum atomic E-state index is -4.28. The smallest absolute Gasteiger partial charge is 0.345 e. The van der Waals surface area contributed by atoms with Gasteiger partial charge in [-0.25, -0.2) is 4.98 Å². The number of aromatic amines is 1. The Kier molecular flexibility index (Phi) is 4.13. The van der Waals surface area contributed by atoms with Gasteiger partial charge in [0.15, 0.2) is 0 Å². The largest absolute Gasteiger partial charge is 0.416 e. The topological polar surface area (TPSA) is 40.7 Å². The van der Waals surface area contributed by atoms with Crippen molar-refractivity contribution < 1.29 is 13.2 Å². The molecule has 0 aliphatic carbocycles. The van der Waals surface area contributed by atoms with Gasteiger partial charge in [0.1, 0.15) is 5.82 Å². The Labute approximate surface area is 115 Å². The Morgan fingerprint density at radius 2 is 1.75 bits per heavy atom. The van der Waals surface area contributed by atoms with E-state index in [0.717, 1.165) is 34.9 Å². The highest BCUT2D eigenvalue weighted by Crippen LogP contribution is 2.29. The second kappa shape index (κ2) is 5.66. The third-order valence-corrected chi connectivity index (χ3v) is 3.08. The van der Waals surface area contributed by atoms with Crippen LogP contribution in [0.5, 0.6) is 0 Å². The van der Waals surface area contributed by atoms with Crippen molar-refractivity contribution in [3.8, 4) is 0 Å². The molecule has 2 rings (SSSR count). The number of alkyl halides is 3. The number of nitrogens with zero attached hydrogens (tertiary/aromatic N) is 1. The number of hydrogen-bond acceptors (Lipinski definition) is 2. The number of H-pyrrole nitrogens is 1. The van der Waals surface area contributed by atoms with E-state index < -0.39 is 11.7 Å². The summed E-state index contributed by atoms with van der Waals surface area (Å²) in [7, 11) is 0. The molecule has 20 heavy (non-hydrogen) atoms. The zero-order valence-corrected chi connectivity index (χ0v) is 11.3. The van der Waals surface area contributed by atoms with E-state index in [9.17, 15) is 13.2 Å². The first-order chi connectivity index (χ1) is 9.36. The Morgan fingerprint density at radius 3 is 2.25 bits per heavy atom. The van der Waals surface area contributed by atoms with Crippen LogP contribution in [0.25, 0.3) is 0 Å². The normalized spacial score (nSPS) is 11.8. The van der Waals surface area contributed by atoms with Gasteiger partial charge in [-0.1, -0.05) is 12.1 Å². The lowest BCUT2D eigenvalue weighted by atomic mass is 10.1. The van der Waals surface area contributed by atoms with Crippen LogP contribution in [0.1, 0.15) is 28.3 Å². The summed E-state index contributed by atoms with van der Waals surface area (Å²) >= 11 is 0. The molecule has 0 spiro atoms. The molecule has 0 saturated heterocycles. The second-order valence-electron chi connectivity index (χ2n) is 4.69. The number of aryl methyl sites for hydroxylation is 2. The molecule has 0 atom stereocenters. The van der Waals surface area contributed by atoms with Crippen LogP contribution in [0.3, 0.4) is 0 Å². The second-order valence-corrected chi connectivity index (χ2v) is 4.69. The van der Waals surface area contributed by atoms with E-state index in [1.54, 1.807) is 0 Å². The summed E-state index contributed by atoms with van der Waals surface area (Å²) in [6.07, 6.45) is -4.28. The summed E-state index contributed by atoms with van der Waals surface area (Å²) in [5.74, 6) is 0.826. The number of hydrogen-bond donors (Lipinski definition) is 2. The number of imidazole rings is 1. The van der Waals surface area contributed by atoms with Crippen LogP contribution in [0, 0.1) is 13.8 Å². The maximum Gasteiger partial charge on any atom is 0.416 e. The van der Waals surface area contributed by atoms with Crippen molar-refractivity contribution in [2.75, 3.05) is 0 Å². The van der Waals surface area contributed by atoms with Gasteiger partial charge in [0.25, 0.3) is 0 Å². The summed E-state index contributed by atoms with van der Waals surface area (Å²) in [4.78, 5) is 7.46. The molecule has 2 aromatic rings. The van der Waals surface area contributed by atoms with Crippen molar-refractivity contribution in [2.24, 2.45) is 0 Å². The van der Waals surface area contributed by atoms with E-state index in [1.165, 1.54) is 12.1 Å². The Hall–Kier alpha value is -1.82. The van der Waals surface area contributed by atoms with Gasteiger partial charge in [-0.3, -0.25) is 0 Å². The highest BCUT2D eigenvalue weighted by Gasteiger charge is 2.29. The van der Waals surface area contributed by atoms with Gasteiger partial charge in [0.05, 0.1) is 17.8 Å². The lowest BCUT2D eigenvalue weighted by molar-refractivity contribution is -0.137. The average Bonchev–Trinajstić information content (AvgIpc) is 2.68. The van der Waals surface area contributed by atoms with Crippen molar-refractivity contribution in [1.82, 2.24) is 15.3 Å². The zero-order chi connectivity index (χ0) is 14.8. The van der Waals surface area contributed by atoms with Crippen molar-refractivity contribution in [3.05, 3.63) is 52.6 Å². The molecule has 6 heteroatoms. The number of nitrogens with one attached hydrogen (secondary N) is 2. The van der Waals surface area contributed by atoms with Crippen molar-refractivity contribution in [3.63, 3.8) is 0 Å². The molecular formula is C14H16F3N3. The summed E-state index contributed by atoms with van der Waals surface area (Å²) in [6, 6.07) is 5.15. The van der Waals surface area contributed by atoms with Crippen LogP contribution < -0.4 is 5.32 Å². The molecule has 3 nitrogen and oxygen atoms in total. The molecule has 2 N–H and O–H groups in total. The highest BCUT2D eigenvalue weighted by molar-refractivity contribution is 5.24. The molecule has 1 aromatic heterocycles. The predicted molar refractivity (Wildman–Crippen MR) is 70.0 cm³/mol. The molecule has 0 bridgehead atoms. The summed E-state index contributed by atoms with van der Waals surface area (Å²) in [5, 5.41) is 3.14. The molecular weight excluding hydrogens is 267 g/mol. The molecule has 0 radical (unpaired) electrons. The minimum Gasteiger partial charge on any atom is -0.345 e. The maximum atomic E-state index is 12.4. The quantitative estimate of drug-likeness (QED) is 0.903. The minimum absolute atomic E-state index is 0.497. The summed E-state index contributed by atoms with van der Waals surface area (Å²) < 4.78 is 37.2. The summed E-state index contributed by atoms with van der Waals surface area (Å²) in [5.41, 5.74) is 2.16. The first-order valence-electron chi connectivity index (χ1n) is 6.25. The Balaban J connectivity index is 1.88. The Morgan fingerprint density at radius 1 is 1.10 bits per heavy atom. The van der Waals surface area contributed by atoms with Crippen LogP contribution in [0.15, 0.2) is 24.3 Å². The number of halogens is 3. The molecule has 1 aromatic carbocycles. The van der Waals surface area contributed by atoms with E-state index >= 15 is 0 Å². The molecule has 0 unspecified atom stereocenters.